The number of rotatable bonds is 7. The van der Waals surface area contributed by atoms with E-state index in [4.69, 9.17) is 4.74 Å². The van der Waals surface area contributed by atoms with Gasteiger partial charge in [-0.15, -0.1) is 0 Å². The first-order valence-electron chi connectivity index (χ1n) is 6.31. The van der Waals surface area contributed by atoms with Crippen molar-refractivity contribution < 1.29 is 14.6 Å². The van der Waals surface area contributed by atoms with E-state index in [-0.39, 0.29) is 18.6 Å². The molecule has 0 spiro atoms. The maximum absolute atomic E-state index is 11.6. The molecule has 0 saturated heterocycles. The maximum Gasteiger partial charge on any atom is 0.238 e. The number of likely N-dealkylation sites (N-methyl/N-ethyl adjacent to an activating group) is 1. The molecule has 2 N–H and O–H groups in total. The van der Waals surface area contributed by atoms with Crippen LogP contribution in [0.5, 0.6) is 5.75 Å². The Balaban J connectivity index is 2.25. The molecule has 0 aliphatic carbocycles. The predicted molar refractivity (Wildman–Crippen MR) is 74.1 cm³/mol. The minimum absolute atomic E-state index is 0.0174. The Hall–Kier alpha value is -1.59. The summed E-state index contributed by atoms with van der Waals surface area (Å²) in [6.07, 6.45) is -0.655. The molecular weight excluding hydrogens is 244 g/mol. The molecule has 2 atom stereocenters. The largest absolute Gasteiger partial charge is 0.491 e. The van der Waals surface area contributed by atoms with Gasteiger partial charge in [0.25, 0.3) is 0 Å². The Bertz CT molecular complexity index is 382. The molecule has 106 valence electrons. The molecule has 1 amide bonds. The number of nitrogens with zero attached hydrogens (tertiary/aromatic N) is 1. The lowest BCUT2D eigenvalue weighted by Crippen LogP contribution is -2.45. The van der Waals surface area contributed by atoms with Crippen LogP contribution in [-0.2, 0) is 4.79 Å². The van der Waals surface area contributed by atoms with Crippen LogP contribution in [0.1, 0.15) is 6.92 Å². The summed E-state index contributed by atoms with van der Waals surface area (Å²) in [4.78, 5) is 13.1. The van der Waals surface area contributed by atoms with E-state index in [0.29, 0.717) is 6.54 Å². The molecule has 0 saturated carbocycles. The highest BCUT2D eigenvalue weighted by molar-refractivity contribution is 5.80. The molecule has 5 heteroatoms. The third-order valence-corrected chi connectivity index (χ3v) is 2.66. The van der Waals surface area contributed by atoms with E-state index in [9.17, 15) is 9.90 Å². The van der Waals surface area contributed by atoms with Gasteiger partial charge in [0.2, 0.25) is 5.91 Å². The predicted octanol–water partition coefficient (Wildman–Crippen LogP) is 0.493. The van der Waals surface area contributed by atoms with Gasteiger partial charge in [-0.3, -0.25) is 4.79 Å². The number of hydrogen-bond acceptors (Lipinski definition) is 4. The summed E-state index contributed by atoms with van der Waals surface area (Å²) in [5.74, 6) is 0.704. The highest BCUT2D eigenvalue weighted by Gasteiger charge is 2.15. The van der Waals surface area contributed by atoms with Gasteiger partial charge < -0.3 is 20.1 Å². The number of nitrogens with one attached hydrogen (secondary N) is 1. The summed E-state index contributed by atoms with van der Waals surface area (Å²) in [7, 11) is 3.41. The van der Waals surface area contributed by atoms with Gasteiger partial charge in [0, 0.05) is 20.6 Å². The first-order valence-corrected chi connectivity index (χ1v) is 6.31. The highest BCUT2D eigenvalue weighted by atomic mass is 16.5. The molecule has 0 aliphatic rings. The summed E-state index contributed by atoms with van der Waals surface area (Å²) in [6.45, 7) is 2.28. The van der Waals surface area contributed by atoms with E-state index in [1.807, 2.05) is 30.3 Å². The second-order valence-electron chi connectivity index (χ2n) is 4.64. The van der Waals surface area contributed by atoms with E-state index in [1.54, 1.807) is 21.0 Å². The van der Waals surface area contributed by atoms with Crippen molar-refractivity contribution in [3.05, 3.63) is 30.3 Å². The van der Waals surface area contributed by atoms with Gasteiger partial charge in [-0.2, -0.15) is 0 Å². The normalized spacial score (nSPS) is 13.7. The van der Waals surface area contributed by atoms with Crippen LogP contribution in [0.25, 0.3) is 0 Å². The molecule has 2 unspecified atom stereocenters. The Morgan fingerprint density at radius 3 is 2.58 bits per heavy atom. The number of benzene rings is 1. The van der Waals surface area contributed by atoms with E-state index < -0.39 is 6.10 Å². The van der Waals surface area contributed by atoms with Crippen LogP contribution in [0.2, 0.25) is 0 Å². The smallest absolute Gasteiger partial charge is 0.238 e. The quantitative estimate of drug-likeness (QED) is 0.754. The summed E-state index contributed by atoms with van der Waals surface area (Å²) in [5, 5.41) is 12.7. The highest BCUT2D eigenvalue weighted by Crippen LogP contribution is 2.08. The zero-order chi connectivity index (χ0) is 14.3. The second-order valence-corrected chi connectivity index (χ2v) is 4.64. The number of para-hydroxylation sites is 1. The van der Waals surface area contributed by atoms with E-state index >= 15 is 0 Å². The third-order valence-electron chi connectivity index (χ3n) is 2.66. The zero-order valence-electron chi connectivity index (χ0n) is 11.7. The summed E-state index contributed by atoms with van der Waals surface area (Å²) >= 11 is 0. The molecule has 0 fully saturated rings. The van der Waals surface area contributed by atoms with E-state index in [2.05, 4.69) is 5.32 Å². The molecule has 0 aliphatic heterocycles. The average molecular weight is 266 g/mol. The lowest BCUT2D eigenvalue weighted by Gasteiger charge is -2.20. The van der Waals surface area contributed by atoms with Crippen LogP contribution in [0.3, 0.4) is 0 Å². The Morgan fingerprint density at radius 2 is 2.00 bits per heavy atom. The second kappa shape index (κ2) is 7.76. The average Bonchev–Trinajstić information content (AvgIpc) is 2.42. The van der Waals surface area contributed by atoms with Gasteiger partial charge in [-0.25, -0.2) is 0 Å². The van der Waals surface area contributed by atoms with Crippen molar-refractivity contribution in [2.75, 3.05) is 27.2 Å². The fourth-order valence-electron chi connectivity index (χ4n) is 1.56. The molecule has 1 aromatic carbocycles. The third kappa shape index (κ3) is 5.72. The van der Waals surface area contributed by atoms with Gasteiger partial charge in [-0.05, 0) is 19.1 Å². The van der Waals surface area contributed by atoms with Gasteiger partial charge in [0.15, 0.2) is 0 Å². The van der Waals surface area contributed by atoms with Crippen LogP contribution < -0.4 is 10.1 Å². The van der Waals surface area contributed by atoms with E-state index in [0.717, 1.165) is 5.75 Å². The van der Waals surface area contributed by atoms with Crippen molar-refractivity contribution >= 4 is 5.91 Å². The maximum atomic E-state index is 11.6. The lowest BCUT2D eigenvalue weighted by atomic mass is 10.2. The van der Waals surface area contributed by atoms with Crippen molar-refractivity contribution in [2.24, 2.45) is 0 Å². The van der Waals surface area contributed by atoms with Gasteiger partial charge in [0.1, 0.15) is 18.5 Å². The molecule has 1 rings (SSSR count). The molecule has 19 heavy (non-hydrogen) atoms. The summed E-state index contributed by atoms with van der Waals surface area (Å²) in [5.41, 5.74) is 0. The van der Waals surface area contributed by atoms with Gasteiger partial charge >= 0.3 is 0 Å². The van der Waals surface area contributed by atoms with Crippen LogP contribution in [0.15, 0.2) is 30.3 Å². The fraction of sp³-hybridized carbons (Fsp3) is 0.500. The van der Waals surface area contributed by atoms with Crippen molar-refractivity contribution in [2.45, 2.75) is 19.1 Å². The van der Waals surface area contributed by atoms with Gasteiger partial charge in [-0.1, -0.05) is 18.2 Å². The topological polar surface area (TPSA) is 61.8 Å². The number of ether oxygens (including phenoxy) is 1. The molecule has 5 nitrogen and oxygen atoms in total. The Labute approximate surface area is 114 Å². The minimum Gasteiger partial charge on any atom is -0.491 e. The SMILES string of the molecule is CC(NCC(O)COc1ccccc1)C(=O)N(C)C. The number of carbonyl (C=O) groups is 1. The van der Waals surface area contributed by atoms with Crippen molar-refractivity contribution in [1.82, 2.24) is 10.2 Å². The molecule has 0 bridgehead atoms. The van der Waals surface area contributed by atoms with E-state index in [1.165, 1.54) is 4.90 Å². The molecule has 0 radical (unpaired) electrons. The number of hydrogen-bond donors (Lipinski definition) is 2. The van der Waals surface area contributed by atoms with Crippen LogP contribution in [0, 0.1) is 0 Å². The lowest BCUT2D eigenvalue weighted by molar-refractivity contribution is -0.130. The monoisotopic (exact) mass is 266 g/mol. The molecule has 0 heterocycles. The number of carbonyl (C=O) groups excluding carboxylic acids is 1. The number of amides is 1. The van der Waals surface area contributed by atoms with Gasteiger partial charge in [0.05, 0.1) is 6.04 Å². The van der Waals surface area contributed by atoms with Crippen LogP contribution in [-0.4, -0.2) is 55.3 Å². The summed E-state index contributed by atoms with van der Waals surface area (Å²) < 4.78 is 5.42. The van der Waals surface area contributed by atoms with Crippen LogP contribution >= 0.6 is 0 Å². The zero-order valence-corrected chi connectivity index (χ0v) is 11.7. The molecular formula is C14H22N2O3. The Kier molecular flexibility index (Phi) is 6.32. The molecule has 1 aromatic rings. The molecule has 0 aromatic heterocycles. The van der Waals surface area contributed by atoms with Crippen molar-refractivity contribution in [3.63, 3.8) is 0 Å². The minimum atomic E-state index is -0.655. The number of aliphatic hydroxyl groups excluding tert-OH is 1. The standard InChI is InChI=1S/C14H22N2O3/c1-11(14(18)16(2)3)15-9-12(17)10-19-13-7-5-4-6-8-13/h4-8,11-12,15,17H,9-10H2,1-3H3. The van der Waals surface area contributed by atoms with Crippen LogP contribution in [0.4, 0.5) is 0 Å². The first kappa shape index (κ1) is 15.5. The number of aliphatic hydroxyl groups is 1. The summed E-state index contributed by atoms with van der Waals surface area (Å²) in [6, 6.07) is 8.99. The fourth-order valence-corrected chi connectivity index (χ4v) is 1.56. The van der Waals surface area contributed by atoms with Crippen molar-refractivity contribution in [3.8, 4) is 5.75 Å². The van der Waals surface area contributed by atoms with Crippen molar-refractivity contribution in [1.29, 1.82) is 0 Å². The first-order chi connectivity index (χ1) is 9.00. The Morgan fingerprint density at radius 1 is 1.37 bits per heavy atom.